The van der Waals surface area contributed by atoms with Crippen LogP contribution in [-0.2, 0) is 12.8 Å². The van der Waals surface area contributed by atoms with E-state index in [0.717, 1.165) is 0 Å². The third-order valence-corrected chi connectivity index (χ3v) is 3.40. The van der Waals surface area contributed by atoms with E-state index in [1.165, 1.54) is 56.1 Å². The predicted molar refractivity (Wildman–Crippen MR) is 123 cm³/mol. The van der Waals surface area contributed by atoms with Gasteiger partial charge in [0.1, 0.15) is 0 Å². The van der Waals surface area contributed by atoms with E-state index in [4.69, 9.17) is 0 Å². The third kappa shape index (κ3) is 19.4. The van der Waals surface area contributed by atoms with Crippen LogP contribution in [0.3, 0.4) is 0 Å². The van der Waals surface area contributed by atoms with Crippen LogP contribution in [0.5, 0.6) is 0 Å². The van der Waals surface area contributed by atoms with Crippen molar-refractivity contribution in [2.24, 2.45) is 0 Å². The van der Waals surface area contributed by atoms with E-state index >= 15 is 0 Å². The normalized spacial score (nSPS) is 8.32. The van der Waals surface area contributed by atoms with E-state index in [-0.39, 0.29) is 0 Å². The molecule has 1 rings (SSSR count). The minimum absolute atomic E-state index is 1.24. The molecule has 0 saturated carbocycles. The summed E-state index contributed by atoms with van der Waals surface area (Å²) in [5.74, 6) is 0. The first-order valence-corrected chi connectivity index (χ1v) is 11.1. The monoisotopic (exact) mass is 352 g/mol. The lowest BCUT2D eigenvalue weighted by atomic mass is 9.91. The quantitative estimate of drug-likeness (QED) is 0.495. The van der Waals surface area contributed by atoms with E-state index < -0.39 is 0 Å². The molecular formula is C25H52. The molecule has 0 heteroatoms. The summed E-state index contributed by atoms with van der Waals surface area (Å²) in [7, 11) is 0. The van der Waals surface area contributed by atoms with Crippen molar-refractivity contribution in [1.82, 2.24) is 0 Å². The van der Waals surface area contributed by atoms with Crippen LogP contribution in [0.15, 0.2) is 12.1 Å². The van der Waals surface area contributed by atoms with E-state index in [9.17, 15) is 0 Å². The number of hydrogen-bond acceptors (Lipinski definition) is 0. The van der Waals surface area contributed by atoms with E-state index in [2.05, 4.69) is 67.5 Å². The number of rotatable bonds is 5. The summed E-state index contributed by atoms with van der Waals surface area (Å²) in [6, 6.07) is 4.53. The van der Waals surface area contributed by atoms with Gasteiger partial charge in [0.25, 0.3) is 0 Å². The highest BCUT2D eigenvalue weighted by molar-refractivity contribution is 5.40. The first-order chi connectivity index (χ1) is 12.0. The molecule has 1 aromatic carbocycles. The highest BCUT2D eigenvalue weighted by Crippen LogP contribution is 2.21. The Morgan fingerprint density at radius 1 is 0.520 bits per heavy atom. The lowest BCUT2D eigenvalue weighted by Gasteiger charge is -2.14. The number of hydrogen-bond donors (Lipinski definition) is 0. The molecule has 0 amide bonds. The second-order valence-corrected chi connectivity index (χ2v) is 5.86. The van der Waals surface area contributed by atoms with Gasteiger partial charge in [-0.2, -0.15) is 0 Å². The highest BCUT2D eigenvalue weighted by Gasteiger charge is 2.06. The Kier molecular flexibility index (Phi) is 35.8. The molecule has 0 saturated heterocycles. The SMILES string of the molecule is CC.CC.CCC.CCCC.CCCc1c(C)ccc(C)c1CCC. The zero-order valence-corrected chi connectivity index (χ0v) is 20.1. The lowest BCUT2D eigenvalue weighted by molar-refractivity contribution is 0.847. The van der Waals surface area contributed by atoms with Gasteiger partial charge in [-0.15, -0.1) is 0 Å². The fourth-order valence-electron chi connectivity index (χ4n) is 2.12. The molecule has 0 aliphatic rings. The van der Waals surface area contributed by atoms with Crippen LogP contribution in [0.4, 0.5) is 0 Å². The van der Waals surface area contributed by atoms with Crippen LogP contribution in [0.25, 0.3) is 0 Å². The molecule has 0 aliphatic heterocycles. The van der Waals surface area contributed by atoms with E-state index in [1.54, 1.807) is 11.1 Å². The van der Waals surface area contributed by atoms with Crippen molar-refractivity contribution in [2.75, 3.05) is 0 Å². The van der Waals surface area contributed by atoms with Gasteiger partial charge in [-0.05, 0) is 48.9 Å². The Bertz CT molecular complexity index is 303. The minimum Gasteiger partial charge on any atom is -0.0683 e. The van der Waals surface area contributed by atoms with Crippen molar-refractivity contribution in [2.45, 2.75) is 128 Å². The van der Waals surface area contributed by atoms with Crippen molar-refractivity contribution in [3.63, 3.8) is 0 Å². The number of aryl methyl sites for hydroxylation is 2. The Morgan fingerprint density at radius 2 is 0.760 bits per heavy atom. The fourth-order valence-corrected chi connectivity index (χ4v) is 2.12. The van der Waals surface area contributed by atoms with Crippen molar-refractivity contribution < 1.29 is 0 Å². The molecule has 0 bridgehead atoms. The Hall–Kier alpha value is -0.780. The minimum atomic E-state index is 1.24. The second-order valence-electron chi connectivity index (χ2n) is 5.86. The maximum absolute atomic E-state index is 2.26. The topological polar surface area (TPSA) is 0 Å². The van der Waals surface area contributed by atoms with E-state index in [0.29, 0.717) is 0 Å². The van der Waals surface area contributed by atoms with Crippen LogP contribution in [-0.4, -0.2) is 0 Å². The molecule has 0 spiro atoms. The van der Waals surface area contributed by atoms with Gasteiger partial charge in [-0.25, -0.2) is 0 Å². The molecular weight excluding hydrogens is 300 g/mol. The number of unbranched alkanes of at least 4 members (excludes halogenated alkanes) is 1. The van der Waals surface area contributed by atoms with Gasteiger partial charge in [0.15, 0.2) is 0 Å². The van der Waals surface area contributed by atoms with Crippen molar-refractivity contribution in [1.29, 1.82) is 0 Å². The molecule has 0 aliphatic carbocycles. The molecule has 0 atom stereocenters. The highest BCUT2D eigenvalue weighted by atomic mass is 14.1. The molecule has 1 aromatic rings. The Balaban J connectivity index is -0.000000167. The summed E-state index contributed by atoms with van der Waals surface area (Å²) in [6.07, 6.45) is 8.87. The van der Waals surface area contributed by atoms with Crippen LogP contribution >= 0.6 is 0 Å². The van der Waals surface area contributed by atoms with Crippen LogP contribution < -0.4 is 0 Å². The Morgan fingerprint density at radius 3 is 0.920 bits per heavy atom. The number of benzene rings is 1. The van der Waals surface area contributed by atoms with E-state index in [1.807, 2.05) is 27.7 Å². The van der Waals surface area contributed by atoms with Crippen LogP contribution in [0, 0.1) is 13.8 Å². The molecule has 152 valence electrons. The maximum atomic E-state index is 2.26. The molecule has 25 heavy (non-hydrogen) atoms. The Labute approximate surface area is 162 Å². The van der Waals surface area contributed by atoms with Gasteiger partial charge in [-0.3, -0.25) is 0 Å². The molecule has 0 nitrogen and oxygen atoms in total. The summed E-state index contributed by atoms with van der Waals surface area (Å²) in [4.78, 5) is 0. The molecule has 0 N–H and O–H groups in total. The van der Waals surface area contributed by atoms with Gasteiger partial charge in [0, 0.05) is 0 Å². The summed E-state index contributed by atoms with van der Waals surface area (Å²) in [6.45, 7) is 25.6. The summed E-state index contributed by atoms with van der Waals surface area (Å²) in [5.41, 5.74) is 6.16. The average Bonchev–Trinajstić information content (AvgIpc) is 2.65. The average molecular weight is 353 g/mol. The molecule has 0 fully saturated rings. The van der Waals surface area contributed by atoms with Gasteiger partial charge in [-0.1, -0.05) is 113 Å². The molecule has 0 radical (unpaired) electrons. The standard InChI is InChI=1S/C14H22.C4H10.C3H8.2C2H6/c1-5-7-13-11(3)9-10-12(4)14(13)8-6-2;1-3-4-2;1-3-2;2*1-2/h9-10H,5-8H2,1-4H3;3-4H2,1-2H3;3H2,1-2H3;2*1-2H3. The van der Waals surface area contributed by atoms with Gasteiger partial charge in [0.2, 0.25) is 0 Å². The lowest BCUT2D eigenvalue weighted by Crippen LogP contribution is -2.00. The summed E-state index contributed by atoms with van der Waals surface area (Å²) < 4.78 is 0. The summed E-state index contributed by atoms with van der Waals surface area (Å²) >= 11 is 0. The largest absolute Gasteiger partial charge is 0.0683 e. The van der Waals surface area contributed by atoms with Crippen LogP contribution in [0.1, 0.15) is 124 Å². The molecule has 0 heterocycles. The summed E-state index contributed by atoms with van der Waals surface area (Å²) in [5, 5.41) is 0. The zero-order chi connectivity index (χ0) is 20.7. The maximum Gasteiger partial charge on any atom is -0.0276 e. The fraction of sp³-hybridized carbons (Fsp3) is 0.760. The molecule has 0 unspecified atom stereocenters. The first kappa shape index (κ1) is 31.9. The third-order valence-electron chi connectivity index (χ3n) is 3.40. The second kappa shape index (κ2) is 28.0. The van der Waals surface area contributed by atoms with Gasteiger partial charge < -0.3 is 0 Å². The van der Waals surface area contributed by atoms with Crippen LogP contribution in [0.2, 0.25) is 0 Å². The molecule has 0 aromatic heterocycles. The van der Waals surface area contributed by atoms with Crippen molar-refractivity contribution in [3.8, 4) is 0 Å². The zero-order valence-electron chi connectivity index (χ0n) is 20.1. The predicted octanol–water partition coefficient (Wildman–Crippen LogP) is 9.48. The van der Waals surface area contributed by atoms with Gasteiger partial charge >= 0.3 is 0 Å². The van der Waals surface area contributed by atoms with Gasteiger partial charge in [0.05, 0.1) is 0 Å². The van der Waals surface area contributed by atoms with Crippen molar-refractivity contribution in [3.05, 3.63) is 34.4 Å². The smallest absolute Gasteiger partial charge is 0.0276 e. The first-order valence-electron chi connectivity index (χ1n) is 11.1. The van der Waals surface area contributed by atoms with Crippen molar-refractivity contribution >= 4 is 0 Å².